The predicted octanol–water partition coefficient (Wildman–Crippen LogP) is 1.56. The van der Waals surface area contributed by atoms with Gasteiger partial charge in [0.25, 0.3) is 5.89 Å². The average Bonchev–Trinajstić information content (AvgIpc) is 2.86. The number of furan rings is 1. The van der Waals surface area contributed by atoms with Gasteiger partial charge in [-0.15, -0.1) is 17.5 Å². The number of nitrogens with zero attached hydrogens (tertiary/aromatic N) is 2. The van der Waals surface area contributed by atoms with Gasteiger partial charge >= 0.3 is 5.76 Å². The molecular weight excluding hydrogens is 258 g/mol. The van der Waals surface area contributed by atoms with Crippen LogP contribution in [0.2, 0.25) is 0 Å². The zero-order chi connectivity index (χ0) is 12.4. The molecule has 6 nitrogen and oxygen atoms in total. The molecule has 0 aliphatic carbocycles. The zero-order valence-corrected chi connectivity index (χ0v) is 11.1. The van der Waals surface area contributed by atoms with Crippen molar-refractivity contribution in [3.63, 3.8) is 0 Å². The Morgan fingerprint density at radius 3 is 2.83 bits per heavy atom. The van der Waals surface area contributed by atoms with Crippen LogP contribution in [0.4, 0.5) is 0 Å². The van der Waals surface area contributed by atoms with Crippen molar-refractivity contribution < 1.29 is 8.83 Å². The van der Waals surface area contributed by atoms with E-state index >= 15 is 0 Å². The third kappa shape index (κ3) is 2.83. The van der Waals surface area contributed by atoms with E-state index in [-0.39, 0.29) is 24.3 Å². The molecule has 0 radical (unpaired) electrons. The fraction of sp³-hybridized carbons (Fsp3) is 0.455. The first kappa shape index (κ1) is 14.5. The van der Waals surface area contributed by atoms with E-state index in [1.807, 2.05) is 6.92 Å². The molecule has 0 spiro atoms. The number of hydrogen-bond acceptors (Lipinski definition) is 5. The number of nitrogens with two attached hydrogens (primary N) is 1. The molecule has 0 aliphatic heterocycles. The maximum Gasteiger partial charge on any atom is 0.437 e. The van der Waals surface area contributed by atoms with E-state index in [0.717, 1.165) is 6.42 Å². The van der Waals surface area contributed by atoms with Crippen molar-refractivity contribution in [3.05, 3.63) is 28.6 Å². The van der Waals surface area contributed by atoms with Gasteiger partial charge in [0.15, 0.2) is 0 Å². The Kier molecular flexibility index (Phi) is 4.75. The Bertz CT molecular complexity index is 558. The molecule has 1 atom stereocenters. The normalized spacial score (nSPS) is 12.2. The highest BCUT2D eigenvalue weighted by molar-refractivity contribution is 5.85. The number of aryl methyl sites for hydroxylation is 1. The van der Waals surface area contributed by atoms with Gasteiger partial charge in [0, 0.05) is 6.04 Å². The first-order chi connectivity index (χ1) is 8.11. The summed E-state index contributed by atoms with van der Waals surface area (Å²) >= 11 is 0. The minimum absolute atomic E-state index is 0. The molecular formula is C11H16ClN3O3. The molecule has 2 aromatic rings. The molecule has 100 valence electrons. The summed E-state index contributed by atoms with van der Waals surface area (Å²) in [5, 5.41) is 4.10. The van der Waals surface area contributed by atoms with Crippen molar-refractivity contribution in [2.24, 2.45) is 5.73 Å². The molecule has 7 heteroatoms. The second-order valence-corrected chi connectivity index (χ2v) is 3.91. The van der Waals surface area contributed by atoms with Gasteiger partial charge in [0.05, 0.1) is 18.4 Å². The molecule has 2 aromatic heterocycles. The molecule has 2 rings (SSSR count). The van der Waals surface area contributed by atoms with Crippen LogP contribution >= 0.6 is 12.4 Å². The molecule has 2 N–H and O–H groups in total. The van der Waals surface area contributed by atoms with E-state index in [0.29, 0.717) is 17.9 Å². The molecule has 0 amide bonds. The number of rotatable bonds is 4. The van der Waals surface area contributed by atoms with Crippen molar-refractivity contribution >= 4 is 12.4 Å². The van der Waals surface area contributed by atoms with Gasteiger partial charge in [-0.2, -0.15) is 4.68 Å². The van der Waals surface area contributed by atoms with E-state index in [1.165, 1.54) is 10.9 Å². The van der Waals surface area contributed by atoms with Crippen LogP contribution in [-0.2, 0) is 6.54 Å². The van der Waals surface area contributed by atoms with E-state index in [9.17, 15) is 4.79 Å². The van der Waals surface area contributed by atoms with Gasteiger partial charge < -0.3 is 14.6 Å². The molecule has 2 heterocycles. The minimum atomic E-state index is -0.496. The summed E-state index contributed by atoms with van der Waals surface area (Å²) < 4.78 is 11.4. The summed E-state index contributed by atoms with van der Waals surface area (Å²) in [5.41, 5.74) is 6.46. The van der Waals surface area contributed by atoms with Gasteiger partial charge in [0.1, 0.15) is 5.76 Å². The van der Waals surface area contributed by atoms with Crippen molar-refractivity contribution in [1.82, 2.24) is 9.78 Å². The van der Waals surface area contributed by atoms with Gasteiger partial charge in [0.2, 0.25) is 0 Å². The van der Waals surface area contributed by atoms with Gasteiger partial charge in [-0.3, -0.25) is 0 Å². The quantitative estimate of drug-likeness (QED) is 0.913. The minimum Gasteiger partial charge on any atom is -0.469 e. The Hall–Kier alpha value is -1.53. The molecule has 0 aromatic carbocycles. The summed E-state index contributed by atoms with van der Waals surface area (Å²) in [6.45, 7) is 4.10. The van der Waals surface area contributed by atoms with Crippen LogP contribution in [-0.4, -0.2) is 15.8 Å². The van der Waals surface area contributed by atoms with Crippen molar-refractivity contribution in [2.45, 2.75) is 32.9 Å². The molecule has 0 saturated carbocycles. The molecule has 0 fully saturated rings. The van der Waals surface area contributed by atoms with Crippen LogP contribution < -0.4 is 11.5 Å². The highest BCUT2D eigenvalue weighted by atomic mass is 35.5. The molecule has 0 saturated heterocycles. The smallest absolute Gasteiger partial charge is 0.437 e. The fourth-order valence-electron chi connectivity index (χ4n) is 1.49. The summed E-state index contributed by atoms with van der Waals surface area (Å²) in [5.74, 6) is 0.437. The predicted molar refractivity (Wildman–Crippen MR) is 68.7 cm³/mol. The van der Waals surface area contributed by atoms with Gasteiger partial charge in [-0.25, -0.2) is 4.79 Å². The maximum absolute atomic E-state index is 11.5. The Labute approximate surface area is 110 Å². The lowest BCUT2D eigenvalue weighted by atomic mass is 10.2. The van der Waals surface area contributed by atoms with Crippen molar-refractivity contribution in [1.29, 1.82) is 0 Å². The lowest BCUT2D eigenvalue weighted by Crippen LogP contribution is -2.30. The standard InChI is InChI=1S/C11H15N3O3.ClH/c1-3-8(12)6-14-11(15)17-10(13-14)9-4-5-16-7(9)2;/h4-5,8H,3,6,12H2,1-2H3;1H/t8-;/m1./s1. The lowest BCUT2D eigenvalue weighted by molar-refractivity contribution is 0.444. The largest absolute Gasteiger partial charge is 0.469 e. The maximum atomic E-state index is 11.5. The Balaban J connectivity index is 0.00000162. The molecule has 0 unspecified atom stereocenters. The van der Waals surface area contributed by atoms with E-state index in [1.54, 1.807) is 13.0 Å². The summed E-state index contributed by atoms with van der Waals surface area (Å²) in [4.78, 5) is 11.5. The third-order valence-electron chi connectivity index (χ3n) is 2.63. The SMILES string of the molecule is CC[C@@H](N)Cn1nc(-c2ccoc2C)oc1=O.Cl. The van der Waals surface area contributed by atoms with E-state index < -0.39 is 5.76 Å². The number of aromatic nitrogens is 2. The third-order valence-corrected chi connectivity index (χ3v) is 2.63. The number of hydrogen-bond donors (Lipinski definition) is 1. The fourth-order valence-corrected chi connectivity index (χ4v) is 1.49. The Morgan fingerprint density at radius 2 is 2.28 bits per heavy atom. The Morgan fingerprint density at radius 1 is 1.56 bits per heavy atom. The molecule has 0 aliphatic rings. The highest BCUT2D eigenvalue weighted by Gasteiger charge is 2.15. The summed E-state index contributed by atoms with van der Waals surface area (Å²) in [6, 6.07) is 1.61. The van der Waals surface area contributed by atoms with Gasteiger partial charge in [-0.1, -0.05) is 6.92 Å². The van der Waals surface area contributed by atoms with Crippen LogP contribution in [0, 0.1) is 6.92 Å². The molecule has 0 bridgehead atoms. The van der Waals surface area contributed by atoms with E-state index in [4.69, 9.17) is 14.6 Å². The van der Waals surface area contributed by atoms with Crippen LogP contribution in [0.1, 0.15) is 19.1 Å². The number of halogens is 1. The van der Waals surface area contributed by atoms with Crippen LogP contribution in [0.15, 0.2) is 26.0 Å². The van der Waals surface area contributed by atoms with Gasteiger partial charge in [-0.05, 0) is 19.4 Å². The summed E-state index contributed by atoms with van der Waals surface area (Å²) in [7, 11) is 0. The summed E-state index contributed by atoms with van der Waals surface area (Å²) in [6.07, 6.45) is 2.31. The average molecular weight is 274 g/mol. The first-order valence-corrected chi connectivity index (χ1v) is 5.49. The van der Waals surface area contributed by atoms with Crippen molar-refractivity contribution in [3.8, 4) is 11.5 Å². The first-order valence-electron chi connectivity index (χ1n) is 5.49. The second-order valence-electron chi connectivity index (χ2n) is 3.91. The van der Waals surface area contributed by atoms with Crippen LogP contribution in [0.25, 0.3) is 11.5 Å². The second kappa shape index (κ2) is 5.88. The van der Waals surface area contributed by atoms with Crippen molar-refractivity contribution in [2.75, 3.05) is 0 Å². The topological polar surface area (TPSA) is 87.2 Å². The van der Waals surface area contributed by atoms with E-state index in [2.05, 4.69) is 5.10 Å². The monoisotopic (exact) mass is 273 g/mol. The molecule has 18 heavy (non-hydrogen) atoms. The zero-order valence-electron chi connectivity index (χ0n) is 10.3. The lowest BCUT2D eigenvalue weighted by Gasteiger charge is -2.05. The van der Waals surface area contributed by atoms with Crippen LogP contribution in [0.5, 0.6) is 0 Å². The van der Waals surface area contributed by atoms with Crippen LogP contribution in [0.3, 0.4) is 0 Å². The highest BCUT2D eigenvalue weighted by Crippen LogP contribution is 2.20.